The molecule has 2 rings (SSSR count). The van der Waals surface area contributed by atoms with E-state index >= 15 is 0 Å². The molecule has 0 atom stereocenters. The molecular formula is C10H15N3O. The molecule has 1 aromatic heterocycles. The first-order valence-electron chi connectivity index (χ1n) is 5.12. The Morgan fingerprint density at radius 1 is 1.64 bits per heavy atom. The fraction of sp³-hybridized carbons (Fsp3) is 0.600. The normalized spacial score (nSPS) is 15.4. The van der Waals surface area contributed by atoms with Crippen molar-refractivity contribution in [1.82, 2.24) is 15.3 Å². The number of nitrogens with zero attached hydrogens (tertiary/aromatic N) is 1. The molecule has 0 aromatic carbocycles. The van der Waals surface area contributed by atoms with E-state index in [2.05, 4.69) is 15.3 Å². The van der Waals surface area contributed by atoms with E-state index in [1.54, 1.807) is 6.20 Å². The van der Waals surface area contributed by atoms with E-state index in [9.17, 15) is 4.79 Å². The van der Waals surface area contributed by atoms with Crippen molar-refractivity contribution < 1.29 is 4.79 Å². The van der Waals surface area contributed by atoms with Gasteiger partial charge < -0.3 is 10.3 Å². The molecule has 1 saturated carbocycles. The van der Waals surface area contributed by atoms with E-state index in [0.29, 0.717) is 5.92 Å². The van der Waals surface area contributed by atoms with E-state index in [-0.39, 0.29) is 5.91 Å². The van der Waals surface area contributed by atoms with Crippen molar-refractivity contribution in [3.05, 3.63) is 18.2 Å². The maximum atomic E-state index is 11.2. The number of imidazole rings is 1. The summed E-state index contributed by atoms with van der Waals surface area (Å²) in [4.78, 5) is 18.4. The van der Waals surface area contributed by atoms with Crippen LogP contribution in [0, 0.1) is 5.92 Å². The van der Waals surface area contributed by atoms with Crippen LogP contribution in [0.3, 0.4) is 0 Å². The Morgan fingerprint density at radius 2 is 2.50 bits per heavy atom. The first kappa shape index (κ1) is 9.24. The SMILES string of the molecule is O=C(NCCCc1ncc[nH]1)C1CC1. The first-order chi connectivity index (χ1) is 6.86. The van der Waals surface area contributed by atoms with Crippen molar-refractivity contribution in [2.24, 2.45) is 5.92 Å². The molecule has 0 aliphatic heterocycles. The van der Waals surface area contributed by atoms with Crippen LogP contribution in [0.15, 0.2) is 12.4 Å². The molecule has 4 heteroatoms. The molecule has 0 saturated heterocycles. The van der Waals surface area contributed by atoms with Gasteiger partial charge in [-0.15, -0.1) is 0 Å². The lowest BCUT2D eigenvalue weighted by Gasteiger charge is -2.02. The molecule has 0 unspecified atom stereocenters. The zero-order valence-corrected chi connectivity index (χ0v) is 8.12. The Balaban J connectivity index is 1.57. The molecule has 1 aliphatic carbocycles. The quantitative estimate of drug-likeness (QED) is 0.682. The lowest BCUT2D eigenvalue weighted by Crippen LogP contribution is -2.26. The van der Waals surface area contributed by atoms with Crippen LogP contribution in [0.4, 0.5) is 0 Å². The molecule has 14 heavy (non-hydrogen) atoms. The first-order valence-corrected chi connectivity index (χ1v) is 5.12. The van der Waals surface area contributed by atoms with E-state index in [1.807, 2.05) is 6.20 Å². The molecule has 2 N–H and O–H groups in total. The van der Waals surface area contributed by atoms with Gasteiger partial charge in [-0.25, -0.2) is 4.98 Å². The summed E-state index contributed by atoms with van der Waals surface area (Å²) in [6.45, 7) is 0.760. The molecule has 4 nitrogen and oxygen atoms in total. The topological polar surface area (TPSA) is 57.8 Å². The fourth-order valence-corrected chi connectivity index (χ4v) is 1.39. The monoisotopic (exact) mass is 193 g/mol. The van der Waals surface area contributed by atoms with Crippen LogP contribution >= 0.6 is 0 Å². The fourth-order valence-electron chi connectivity index (χ4n) is 1.39. The molecule has 76 valence electrons. The molecule has 1 aromatic rings. The van der Waals surface area contributed by atoms with Crippen LogP contribution in [0.2, 0.25) is 0 Å². The number of carbonyl (C=O) groups excluding carboxylic acids is 1. The number of amides is 1. The van der Waals surface area contributed by atoms with Gasteiger partial charge in [-0.2, -0.15) is 0 Å². The van der Waals surface area contributed by atoms with Crippen molar-refractivity contribution in [1.29, 1.82) is 0 Å². The van der Waals surface area contributed by atoms with Gasteiger partial charge in [0.25, 0.3) is 0 Å². The maximum Gasteiger partial charge on any atom is 0.223 e. The van der Waals surface area contributed by atoms with Crippen molar-refractivity contribution in [2.75, 3.05) is 6.54 Å². The summed E-state index contributed by atoms with van der Waals surface area (Å²) in [7, 11) is 0. The highest BCUT2D eigenvalue weighted by atomic mass is 16.2. The number of aryl methyl sites for hydroxylation is 1. The van der Waals surface area contributed by atoms with Crippen molar-refractivity contribution in [2.45, 2.75) is 25.7 Å². The Morgan fingerprint density at radius 3 is 3.14 bits per heavy atom. The van der Waals surface area contributed by atoms with E-state index in [4.69, 9.17) is 0 Å². The van der Waals surface area contributed by atoms with Crippen LogP contribution in [0.1, 0.15) is 25.1 Å². The minimum atomic E-state index is 0.226. The Bertz CT molecular complexity index is 290. The van der Waals surface area contributed by atoms with Crippen molar-refractivity contribution >= 4 is 5.91 Å². The van der Waals surface area contributed by atoms with Crippen LogP contribution < -0.4 is 5.32 Å². The van der Waals surface area contributed by atoms with E-state index in [0.717, 1.165) is 38.1 Å². The summed E-state index contributed by atoms with van der Waals surface area (Å²) in [5.74, 6) is 1.54. The predicted octanol–water partition coefficient (Wildman–Crippen LogP) is 0.868. The van der Waals surface area contributed by atoms with Crippen LogP contribution in [-0.4, -0.2) is 22.4 Å². The summed E-state index contributed by atoms with van der Waals surface area (Å²) in [6, 6.07) is 0. The highest BCUT2D eigenvalue weighted by Gasteiger charge is 2.28. The zero-order valence-electron chi connectivity index (χ0n) is 8.12. The average Bonchev–Trinajstić information content (AvgIpc) is 2.92. The third kappa shape index (κ3) is 2.58. The minimum Gasteiger partial charge on any atom is -0.356 e. The number of aromatic nitrogens is 2. The molecule has 0 radical (unpaired) electrons. The average molecular weight is 193 g/mol. The predicted molar refractivity (Wildman–Crippen MR) is 52.6 cm³/mol. The summed E-state index contributed by atoms with van der Waals surface area (Å²) in [5, 5.41) is 2.93. The molecule has 1 heterocycles. The smallest absolute Gasteiger partial charge is 0.223 e. The second-order valence-electron chi connectivity index (χ2n) is 3.70. The van der Waals surface area contributed by atoms with Gasteiger partial charge in [-0.1, -0.05) is 0 Å². The highest BCUT2D eigenvalue weighted by Crippen LogP contribution is 2.28. The third-order valence-electron chi connectivity index (χ3n) is 2.39. The molecule has 0 bridgehead atoms. The largest absolute Gasteiger partial charge is 0.356 e. The number of nitrogens with one attached hydrogen (secondary N) is 2. The second-order valence-corrected chi connectivity index (χ2v) is 3.70. The van der Waals surface area contributed by atoms with Gasteiger partial charge >= 0.3 is 0 Å². The van der Waals surface area contributed by atoms with Crippen LogP contribution in [0.25, 0.3) is 0 Å². The van der Waals surface area contributed by atoms with Gasteiger partial charge in [0.05, 0.1) is 0 Å². The van der Waals surface area contributed by atoms with E-state index in [1.165, 1.54) is 0 Å². The maximum absolute atomic E-state index is 11.2. The number of hydrogen-bond acceptors (Lipinski definition) is 2. The standard InChI is InChI=1S/C10H15N3O/c14-10(8-3-4-8)13-5-1-2-9-11-6-7-12-9/h6-8H,1-5H2,(H,11,12)(H,13,14). The molecule has 0 spiro atoms. The molecule has 1 fully saturated rings. The molecular weight excluding hydrogens is 178 g/mol. The summed E-state index contributed by atoms with van der Waals surface area (Å²) in [5.41, 5.74) is 0. The van der Waals surface area contributed by atoms with Gasteiger partial charge in [0, 0.05) is 31.3 Å². The number of hydrogen-bond donors (Lipinski definition) is 2. The minimum absolute atomic E-state index is 0.226. The van der Waals surface area contributed by atoms with E-state index < -0.39 is 0 Å². The molecule has 1 aliphatic rings. The molecule has 1 amide bonds. The number of carbonyl (C=O) groups is 1. The number of H-pyrrole nitrogens is 1. The highest BCUT2D eigenvalue weighted by molar-refractivity contribution is 5.80. The Hall–Kier alpha value is -1.32. The lowest BCUT2D eigenvalue weighted by molar-refractivity contribution is -0.122. The van der Waals surface area contributed by atoms with Crippen LogP contribution in [0.5, 0.6) is 0 Å². The van der Waals surface area contributed by atoms with Crippen LogP contribution in [-0.2, 0) is 11.2 Å². The zero-order chi connectivity index (χ0) is 9.80. The van der Waals surface area contributed by atoms with Gasteiger partial charge in [-0.05, 0) is 19.3 Å². The van der Waals surface area contributed by atoms with Crippen molar-refractivity contribution in [3.8, 4) is 0 Å². The van der Waals surface area contributed by atoms with Gasteiger partial charge in [0.1, 0.15) is 5.82 Å². The second kappa shape index (κ2) is 4.26. The Labute approximate surface area is 83.1 Å². The van der Waals surface area contributed by atoms with Gasteiger partial charge in [0.2, 0.25) is 5.91 Å². The van der Waals surface area contributed by atoms with Gasteiger partial charge in [0.15, 0.2) is 0 Å². The van der Waals surface area contributed by atoms with Gasteiger partial charge in [-0.3, -0.25) is 4.79 Å². The summed E-state index contributed by atoms with van der Waals surface area (Å²) < 4.78 is 0. The number of rotatable bonds is 5. The Kier molecular flexibility index (Phi) is 2.81. The van der Waals surface area contributed by atoms with Crippen molar-refractivity contribution in [3.63, 3.8) is 0 Å². The summed E-state index contributed by atoms with van der Waals surface area (Å²) >= 11 is 0. The summed E-state index contributed by atoms with van der Waals surface area (Å²) in [6.07, 6.45) is 7.56. The third-order valence-corrected chi connectivity index (χ3v) is 2.39. The number of aromatic amines is 1. The lowest BCUT2D eigenvalue weighted by atomic mass is 10.3.